The molecule has 0 amide bonds. The molecule has 0 spiro atoms. The predicted octanol–water partition coefficient (Wildman–Crippen LogP) is 2.29. The van der Waals surface area contributed by atoms with E-state index in [9.17, 15) is 5.11 Å². The molecular formula is C13H19NO2. The zero-order chi connectivity index (χ0) is 11.4. The van der Waals surface area contributed by atoms with E-state index in [1.54, 1.807) is 13.2 Å². The molecule has 1 aromatic carbocycles. The first-order valence-corrected chi connectivity index (χ1v) is 5.86. The highest BCUT2D eigenvalue weighted by Crippen LogP contribution is 2.31. The molecule has 0 radical (unpaired) electrons. The van der Waals surface area contributed by atoms with Gasteiger partial charge in [-0.3, -0.25) is 0 Å². The van der Waals surface area contributed by atoms with Crippen LogP contribution in [0.1, 0.15) is 24.8 Å². The minimum absolute atomic E-state index is 0.304. The molecule has 0 aliphatic heterocycles. The van der Waals surface area contributed by atoms with Crippen LogP contribution in [-0.4, -0.2) is 18.8 Å². The van der Waals surface area contributed by atoms with Gasteiger partial charge < -0.3 is 15.2 Å². The van der Waals surface area contributed by atoms with Crippen molar-refractivity contribution in [2.75, 3.05) is 13.7 Å². The molecular weight excluding hydrogens is 202 g/mol. The molecule has 0 bridgehead atoms. The van der Waals surface area contributed by atoms with E-state index in [0.29, 0.717) is 11.5 Å². The molecule has 0 unspecified atom stereocenters. The van der Waals surface area contributed by atoms with Gasteiger partial charge in [0.15, 0.2) is 0 Å². The zero-order valence-electron chi connectivity index (χ0n) is 9.70. The Morgan fingerprint density at radius 2 is 2.25 bits per heavy atom. The average Bonchev–Trinajstić information content (AvgIpc) is 3.10. The largest absolute Gasteiger partial charge is 0.507 e. The van der Waals surface area contributed by atoms with Gasteiger partial charge in [0, 0.05) is 18.2 Å². The zero-order valence-corrected chi connectivity index (χ0v) is 9.70. The van der Waals surface area contributed by atoms with E-state index in [-0.39, 0.29) is 0 Å². The van der Waals surface area contributed by atoms with E-state index in [1.165, 1.54) is 19.3 Å². The summed E-state index contributed by atoms with van der Waals surface area (Å²) in [5, 5.41) is 13.1. The number of benzene rings is 1. The van der Waals surface area contributed by atoms with Crippen LogP contribution in [0.15, 0.2) is 18.2 Å². The van der Waals surface area contributed by atoms with Crippen LogP contribution in [0.4, 0.5) is 0 Å². The number of phenolic OH excluding ortho intramolecular Hbond substituents is 1. The van der Waals surface area contributed by atoms with Gasteiger partial charge in [-0.05, 0) is 24.9 Å². The summed E-state index contributed by atoms with van der Waals surface area (Å²) in [7, 11) is 1.60. The van der Waals surface area contributed by atoms with Crippen LogP contribution in [0.3, 0.4) is 0 Å². The monoisotopic (exact) mass is 221 g/mol. The fourth-order valence-electron chi connectivity index (χ4n) is 1.76. The molecule has 0 saturated heterocycles. The highest BCUT2D eigenvalue weighted by molar-refractivity contribution is 5.39. The second-order valence-corrected chi connectivity index (χ2v) is 4.40. The smallest absolute Gasteiger partial charge is 0.123 e. The third-order valence-corrected chi connectivity index (χ3v) is 3.03. The van der Waals surface area contributed by atoms with Gasteiger partial charge in [0.2, 0.25) is 0 Å². The SMILES string of the molecule is COc1ccc(CNCCC2CC2)c(O)c1. The van der Waals surface area contributed by atoms with Crippen molar-refractivity contribution in [3.05, 3.63) is 23.8 Å². The van der Waals surface area contributed by atoms with Crippen molar-refractivity contribution in [1.29, 1.82) is 0 Å². The van der Waals surface area contributed by atoms with Gasteiger partial charge in [0.1, 0.15) is 11.5 Å². The number of ether oxygens (including phenoxy) is 1. The number of phenols is 1. The summed E-state index contributed by atoms with van der Waals surface area (Å²) in [6.07, 6.45) is 4.06. The van der Waals surface area contributed by atoms with E-state index in [2.05, 4.69) is 5.32 Å². The molecule has 1 fully saturated rings. The lowest BCUT2D eigenvalue weighted by atomic mass is 10.2. The molecule has 3 nitrogen and oxygen atoms in total. The molecule has 1 aliphatic rings. The maximum atomic E-state index is 9.72. The standard InChI is InChI=1S/C13H19NO2/c1-16-12-5-4-11(13(15)8-12)9-14-7-6-10-2-3-10/h4-5,8,10,14-15H,2-3,6-7,9H2,1H3. The van der Waals surface area contributed by atoms with E-state index >= 15 is 0 Å². The Morgan fingerprint density at radius 1 is 1.44 bits per heavy atom. The van der Waals surface area contributed by atoms with E-state index in [4.69, 9.17) is 4.74 Å². The number of hydrogen-bond donors (Lipinski definition) is 2. The van der Waals surface area contributed by atoms with Crippen molar-refractivity contribution >= 4 is 0 Å². The molecule has 0 atom stereocenters. The summed E-state index contributed by atoms with van der Waals surface area (Å²) < 4.78 is 5.03. The van der Waals surface area contributed by atoms with Crippen molar-refractivity contribution in [1.82, 2.24) is 5.32 Å². The van der Waals surface area contributed by atoms with Crippen LogP contribution in [0.2, 0.25) is 0 Å². The number of aromatic hydroxyl groups is 1. The van der Waals surface area contributed by atoms with Crippen LogP contribution >= 0.6 is 0 Å². The van der Waals surface area contributed by atoms with E-state index in [1.807, 2.05) is 12.1 Å². The van der Waals surface area contributed by atoms with Crippen molar-refractivity contribution in [3.63, 3.8) is 0 Å². The Balaban J connectivity index is 1.78. The van der Waals surface area contributed by atoms with Crippen LogP contribution in [0.5, 0.6) is 11.5 Å². The van der Waals surface area contributed by atoms with Gasteiger partial charge in [-0.1, -0.05) is 18.9 Å². The quantitative estimate of drug-likeness (QED) is 0.724. The molecule has 3 heteroatoms. The molecule has 1 saturated carbocycles. The molecule has 0 heterocycles. The van der Waals surface area contributed by atoms with E-state index < -0.39 is 0 Å². The highest BCUT2D eigenvalue weighted by atomic mass is 16.5. The van der Waals surface area contributed by atoms with Crippen molar-refractivity contribution in [2.45, 2.75) is 25.8 Å². The van der Waals surface area contributed by atoms with Gasteiger partial charge in [0.25, 0.3) is 0 Å². The first kappa shape index (κ1) is 11.3. The fourth-order valence-corrected chi connectivity index (χ4v) is 1.76. The Labute approximate surface area is 96.4 Å². The van der Waals surface area contributed by atoms with Gasteiger partial charge in [-0.25, -0.2) is 0 Å². The second-order valence-electron chi connectivity index (χ2n) is 4.40. The number of hydrogen-bond acceptors (Lipinski definition) is 3. The predicted molar refractivity (Wildman–Crippen MR) is 63.7 cm³/mol. The van der Waals surface area contributed by atoms with Crippen molar-refractivity contribution in [2.24, 2.45) is 5.92 Å². The first-order chi connectivity index (χ1) is 7.79. The summed E-state index contributed by atoms with van der Waals surface area (Å²) in [6.45, 7) is 1.76. The second kappa shape index (κ2) is 5.21. The normalized spacial score (nSPS) is 15.1. The van der Waals surface area contributed by atoms with Gasteiger partial charge in [-0.15, -0.1) is 0 Å². The average molecular weight is 221 g/mol. The molecule has 1 aromatic rings. The summed E-state index contributed by atoms with van der Waals surface area (Å²) in [5.74, 6) is 1.95. The minimum Gasteiger partial charge on any atom is -0.507 e. The Kier molecular flexibility index (Phi) is 3.67. The molecule has 2 N–H and O–H groups in total. The summed E-state index contributed by atoms with van der Waals surface area (Å²) >= 11 is 0. The molecule has 0 aromatic heterocycles. The number of nitrogens with one attached hydrogen (secondary N) is 1. The number of rotatable bonds is 6. The Morgan fingerprint density at radius 3 is 2.88 bits per heavy atom. The summed E-state index contributed by atoms with van der Waals surface area (Å²) in [4.78, 5) is 0. The molecule has 1 aliphatic carbocycles. The van der Waals surface area contributed by atoms with Crippen molar-refractivity contribution in [3.8, 4) is 11.5 Å². The Bertz CT molecular complexity index is 348. The molecule has 88 valence electrons. The maximum absolute atomic E-state index is 9.72. The maximum Gasteiger partial charge on any atom is 0.123 e. The van der Waals surface area contributed by atoms with Crippen LogP contribution in [0.25, 0.3) is 0 Å². The lowest BCUT2D eigenvalue weighted by Crippen LogP contribution is -2.15. The molecule has 2 rings (SSSR count). The summed E-state index contributed by atoms with van der Waals surface area (Å²) in [5.41, 5.74) is 0.927. The lowest BCUT2D eigenvalue weighted by Gasteiger charge is -2.08. The van der Waals surface area contributed by atoms with Crippen LogP contribution < -0.4 is 10.1 Å². The van der Waals surface area contributed by atoms with E-state index in [0.717, 1.165) is 24.6 Å². The van der Waals surface area contributed by atoms with Gasteiger partial charge in [0.05, 0.1) is 7.11 Å². The van der Waals surface area contributed by atoms with Gasteiger partial charge in [-0.2, -0.15) is 0 Å². The van der Waals surface area contributed by atoms with Gasteiger partial charge >= 0.3 is 0 Å². The topological polar surface area (TPSA) is 41.5 Å². The van der Waals surface area contributed by atoms with Crippen LogP contribution in [0, 0.1) is 5.92 Å². The van der Waals surface area contributed by atoms with Crippen molar-refractivity contribution < 1.29 is 9.84 Å². The fraction of sp³-hybridized carbons (Fsp3) is 0.538. The number of methoxy groups -OCH3 is 1. The molecule has 16 heavy (non-hydrogen) atoms. The minimum atomic E-state index is 0.304. The first-order valence-electron chi connectivity index (χ1n) is 5.86. The van der Waals surface area contributed by atoms with Crippen LogP contribution in [-0.2, 0) is 6.54 Å². The highest BCUT2D eigenvalue weighted by Gasteiger charge is 2.19. The lowest BCUT2D eigenvalue weighted by molar-refractivity contribution is 0.406. The Hall–Kier alpha value is -1.22. The third-order valence-electron chi connectivity index (χ3n) is 3.03. The third kappa shape index (κ3) is 3.14. The summed E-state index contributed by atoms with van der Waals surface area (Å²) in [6, 6.07) is 5.42.